The molecule has 1 aromatic carbocycles. The van der Waals surface area contributed by atoms with Crippen LogP contribution in [0.1, 0.15) is 10.5 Å². The van der Waals surface area contributed by atoms with Crippen LogP contribution < -0.4 is 20.3 Å². The summed E-state index contributed by atoms with van der Waals surface area (Å²) in [6.07, 6.45) is -0.272. The number of carbonyl (C=O) groups excluding carboxylic acids is 1. The number of para-hydroxylation sites is 2. The highest BCUT2D eigenvalue weighted by atomic mass is 16.6. The van der Waals surface area contributed by atoms with Crippen molar-refractivity contribution in [1.29, 1.82) is 0 Å². The van der Waals surface area contributed by atoms with E-state index in [0.717, 1.165) is 4.68 Å². The van der Waals surface area contributed by atoms with Crippen LogP contribution in [0, 0.1) is 0 Å². The molecule has 0 saturated carbocycles. The molecule has 0 radical (unpaired) electrons. The molecule has 2 aromatic rings. The van der Waals surface area contributed by atoms with E-state index >= 15 is 0 Å². The van der Waals surface area contributed by atoms with Crippen LogP contribution in [-0.4, -0.2) is 34.9 Å². The van der Waals surface area contributed by atoms with Crippen molar-refractivity contribution >= 4 is 5.91 Å². The van der Waals surface area contributed by atoms with Crippen LogP contribution >= 0.6 is 0 Å². The fourth-order valence-electron chi connectivity index (χ4n) is 2.08. The first-order valence-electron chi connectivity index (χ1n) is 6.84. The van der Waals surface area contributed by atoms with Crippen molar-refractivity contribution in [3.8, 4) is 11.5 Å². The number of hydrogen-bond acceptors (Lipinski definition) is 5. The largest absolute Gasteiger partial charge is 0.486 e. The number of fused-ring (bicyclic) bond motifs is 1. The standard InChI is InChI=1S/C15H15N3O4/c1-18-14(19)7-6-11(17-18)15(20)16-8-10-9-21-12-4-2-3-5-13(12)22-10/h2-7,10H,8-9H2,1H3,(H,16,20). The fraction of sp³-hybridized carbons (Fsp3) is 0.267. The second-order valence-electron chi connectivity index (χ2n) is 4.89. The Kier molecular flexibility index (Phi) is 3.78. The summed E-state index contributed by atoms with van der Waals surface area (Å²) >= 11 is 0. The average molecular weight is 301 g/mol. The number of benzene rings is 1. The minimum Gasteiger partial charge on any atom is -0.486 e. The number of nitrogens with one attached hydrogen (secondary N) is 1. The molecule has 22 heavy (non-hydrogen) atoms. The summed E-state index contributed by atoms with van der Waals surface area (Å²) in [5.41, 5.74) is -0.0867. The molecule has 0 saturated heterocycles. The van der Waals surface area contributed by atoms with E-state index in [9.17, 15) is 9.59 Å². The average Bonchev–Trinajstić information content (AvgIpc) is 2.55. The molecule has 7 nitrogen and oxygen atoms in total. The number of hydrogen-bond donors (Lipinski definition) is 1. The molecule has 1 aromatic heterocycles. The van der Waals surface area contributed by atoms with E-state index in [1.54, 1.807) is 0 Å². The second-order valence-corrected chi connectivity index (χ2v) is 4.89. The van der Waals surface area contributed by atoms with E-state index in [1.165, 1.54) is 19.2 Å². The third-order valence-electron chi connectivity index (χ3n) is 3.25. The lowest BCUT2D eigenvalue weighted by Gasteiger charge is -2.26. The summed E-state index contributed by atoms with van der Waals surface area (Å²) in [4.78, 5) is 23.3. The zero-order valence-corrected chi connectivity index (χ0v) is 12.0. The monoisotopic (exact) mass is 301 g/mol. The van der Waals surface area contributed by atoms with Crippen LogP contribution in [0.25, 0.3) is 0 Å². The maximum atomic E-state index is 12.0. The second kappa shape index (κ2) is 5.88. The Morgan fingerprint density at radius 2 is 2.09 bits per heavy atom. The van der Waals surface area contributed by atoms with Gasteiger partial charge in [0.25, 0.3) is 11.5 Å². The molecule has 1 aliphatic rings. The Morgan fingerprint density at radius 3 is 2.86 bits per heavy atom. The van der Waals surface area contributed by atoms with Gasteiger partial charge in [-0.25, -0.2) is 4.68 Å². The minimum atomic E-state index is -0.363. The zero-order chi connectivity index (χ0) is 15.5. The Balaban J connectivity index is 1.60. The minimum absolute atomic E-state index is 0.180. The van der Waals surface area contributed by atoms with Crippen molar-refractivity contribution in [3.05, 3.63) is 52.4 Å². The van der Waals surface area contributed by atoms with Gasteiger partial charge in [-0.15, -0.1) is 0 Å². The van der Waals surface area contributed by atoms with Crippen molar-refractivity contribution < 1.29 is 14.3 Å². The summed E-state index contributed by atoms with van der Waals surface area (Å²) in [7, 11) is 1.49. The maximum Gasteiger partial charge on any atom is 0.271 e. The van der Waals surface area contributed by atoms with Gasteiger partial charge in [-0.1, -0.05) is 12.1 Å². The van der Waals surface area contributed by atoms with E-state index in [-0.39, 0.29) is 29.8 Å². The van der Waals surface area contributed by atoms with Crippen molar-refractivity contribution in [2.45, 2.75) is 6.10 Å². The summed E-state index contributed by atoms with van der Waals surface area (Å²) in [5.74, 6) is 0.996. The lowest BCUT2D eigenvalue weighted by molar-refractivity contribution is 0.0785. The molecule has 114 valence electrons. The number of aryl methyl sites for hydroxylation is 1. The highest BCUT2D eigenvalue weighted by molar-refractivity contribution is 5.92. The molecular formula is C15H15N3O4. The summed E-state index contributed by atoms with van der Waals surface area (Å²) < 4.78 is 12.4. The molecule has 0 aliphatic carbocycles. The van der Waals surface area contributed by atoms with E-state index in [0.29, 0.717) is 18.1 Å². The Bertz CT molecular complexity index is 756. The van der Waals surface area contributed by atoms with Gasteiger partial charge in [0.05, 0.1) is 6.54 Å². The highest BCUT2D eigenvalue weighted by Gasteiger charge is 2.21. The third kappa shape index (κ3) is 2.93. The molecule has 1 amide bonds. The normalized spacial score (nSPS) is 16.1. The molecule has 1 aliphatic heterocycles. The van der Waals surface area contributed by atoms with Gasteiger partial charge in [-0.2, -0.15) is 5.10 Å². The maximum absolute atomic E-state index is 12.0. The van der Waals surface area contributed by atoms with Gasteiger partial charge in [-0.3, -0.25) is 9.59 Å². The summed E-state index contributed by atoms with van der Waals surface area (Å²) in [5, 5.41) is 6.62. The smallest absolute Gasteiger partial charge is 0.271 e. The molecule has 0 spiro atoms. The first-order valence-corrected chi connectivity index (χ1v) is 6.84. The number of aromatic nitrogens is 2. The third-order valence-corrected chi connectivity index (χ3v) is 3.25. The van der Waals surface area contributed by atoms with Crippen molar-refractivity contribution in [2.24, 2.45) is 7.05 Å². The van der Waals surface area contributed by atoms with Crippen LogP contribution in [-0.2, 0) is 7.05 Å². The molecule has 1 N–H and O–H groups in total. The van der Waals surface area contributed by atoms with Gasteiger partial charge in [-0.05, 0) is 18.2 Å². The molecule has 1 atom stereocenters. The van der Waals surface area contributed by atoms with Crippen molar-refractivity contribution in [2.75, 3.05) is 13.2 Å². The first kappa shape index (κ1) is 14.1. The van der Waals surface area contributed by atoms with Gasteiger partial charge in [0, 0.05) is 13.1 Å². The fourth-order valence-corrected chi connectivity index (χ4v) is 2.08. The molecule has 3 rings (SSSR count). The Hall–Kier alpha value is -2.83. The predicted octanol–water partition coefficient (Wildman–Crippen LogP) is 0.350. The molecule has 0 fully saturated rings. The van der Waals surface area contributed by atoms with Crippen LogP contribution in [0.5, 0.6) is 11.5 Å². The molecule has 7 heteroatoms. The van der Waals surface area contributed by atoms with Crippen molar-refractivity contribution in [1.82, 2.24) is 15.1 Å². The van der Waals surface area contributed by atoms with Crippen LogP contribution in [0.2, 0.25) is 0 Å². The Labute approximate surface area is 126 Å². The Morgan fingerprint density at radius 1 is 1.32 bits per heavy atom. The topological polar surface area (TPSA) is 82.5 Å². The zero-order valence-electron chi connectivity index (χ0n) is 12.0. The lowest BCUT2D eigenvalue weighted by atomic mass is 10.2. The highest BCUT2D eigenvalue weighted by Crippen LogP contribution is 2.30. The number of amides is 1. The first-order chi connectivity index (χ1) is 10.6. The van der Waals surface area contributed by atoms with E-state index in [4.69, 9.17) is 9.47 Å². The molecule has 2 heterocycles. The molecule has 0 bridgehead atoms. The van der Waals surface area contributed by atoms with E-state index in [2.05, 4.69) is 10.4 Å². The van der Waals surface area contributed by atoms with Gasteiger partial charge in [0.1, 0.15) is 18.4 Å². The SMILES string of the molecule is Cn1nc(C(=O)NCC2COc3ccccc3O2)ccc1=O. The van der Waals surface area contributed by atoms with Gasteiger partial charge < -0.3 is 14.8 Å². The number of rotatable bonds is 3. The van der Waals surface area contributed by atoms with Crippen molar-refractivity contribution in [3.63, 3.8) is 0 Å². The van der Waals surface area contributed by atoms with Gasteiger partial charge in [0.2, 0.25) is 0 Å². The number of nitrogens with zero attached hydrogens (tertiary/aromatic N) is 2. The molecular weight excluding hydrogens is 286 g/mol. The van der Waals surface area contributed by atoms with Crippen LogP contribution in [0.15, 0.2) is 41.2 Å². The van der Waals surface area contributed by atoms with Crippen LogP contribution in [0.3, 0.4) is 0 Å². The summed E-state index contributed by atoms with van der Waals surface area (Å²) in [6.45, 7) is 0.648. The molecule has 1 unspecified atom stereocenters. The predicted molar refractivity (Wildman–Crippen MR) is 78.2 cm³/mol. The quantitative estimate of drug-likeness (QED) is 0.884. The number of ether oxygens (including phenoxy) is 2. The van der Waals surface area contributed by atoms with E-state index < -0.39 is 0 Å². The van der Waals surface area contributed by atoms with E-state index in [1.807, 2.05) is 24.3 Å². The summed E-state index contributed by atoms with van der Waals surface area (Å²) in [6, 6.07) is 10.1. The van der Waals surface area contributed by atoms with Crippen LogP contribution in [0.4, 0.5) is 0 Å². The lowest BCUT2D eigenvalue weighted by Crippen LogP contribution is -2.41. The number of carbonyl (C=O) groups is 1. The van der Waals surface area contributed by atoms with Gasteiger partial charge in [0.15, 0.2) is 11.5 Å². The van der Waals surface area contributed by atoms with Gasteiger partial charge >= 0.3 is 0 Å².